The predicted octanol–water partition coefficient (Wildman–Crippen LogP) is 4.67. The maximum absolute atomic E-state index is 6.20. The van der Waals surface area contributed by atoms with Gasteiger partial charge in [-0.3, -0.25) is 0 Å². The number of ether oxygens (including phenoxy) is 1. The van der Waals surface area contributed by atoms with Crippen molar-refractivity contribution in [3.8, 4) is 5.75 Å². The molecule has 0 spiro atoms. The zero-order valence-electron chi connectivity index (χ0n) is 14.8. The third-order valence-electron chi connectivity index (χ3n) is 3.91. The molecule has 0 atom stereocenters. The van der Waals surface area contributed by atoms with Gasteiger partial charge in [0.2, 0.25) is 0 Å². The average Bonchev–Trinajstić information content (AvgIpc) is 2.65. The Hall–Kier alpha value is -2.79. The minimum atomic E-state index is 0.599. The van der Waals surface area contributed by atoms with Crippen molar-refractivity contribution in [2.75, 3.05) is 17.7 Å². The van der Waals surface area contributed by atoms with Gasteiger partial charge in [0, 0.05) is 29.7 Å². The van der Waals surface area contributed by atoms with Gasteiger partial charge in [0.1, 0.15) is 23.2 Å². The van der Waals surface area contributed by atoms with Gasteiger partial charge in [-0.1, -0.05) is 48.0 Å². The molecule has 1 aromatic heterocycles. The molecule has 6 heteroatoms. The molecule has 1 heterocycles. The smallest absolute Gasteiger partial charge is 0.132 e. The summed E-state index contributed by atoms with van der Waals surface area (Å²) in [5.41, 5.74) is 2.09. The summed E-state index contributed by atoms with van der Waals surface area (Å²) in [5, 5.41) is 7.37. The van der Waals surface area contributed by atoms with E-state index in [1.165, 1.54) is 0 Å². The van der Waals surface area contributed by atoms with Crippen LogP contribution in [0.2, 0.25) is 5.02 Å². The van der Waals surface area contributed by atoms with Gasteiger partial charge in [0.25, 0.3) is 0 Å². The fourth-order valence-corrected chi connectivity index (χ4v) is 2.81. The third-order valence-corrected chi connectivity index (χ3v) is 4.28. The van der Waals surface area contributed by atoms with Crippen molar-refractivity contribution in [2.24, 2.45) is 0 Å². The Morgan fingerprint density at radius 1 is 0.885 bits per heavy atom. The number of para-hydroxylation sites is 1. The minimum absolute atomic E-state index is 0.599. The summed E-state index contributed by atoms with van der Waals surface area (Å²) in [6.45, 7) is 3.08. The van der Waals surface area contributed by atoms with Crippen LogP contribution in [0.3, 0.4) is 0 Å². The van der Waals surface area contributed by atoms with Gasteiger partial charge in [-0.25, -0.2) is 9.97 Å². The molecular formula is C20H21ClN4O. The zero-order valence-corrected chi connectivity index (χ0v) is 15.5. The molecule has 0 aliphatic heterocycles. The molecule has 0 aliphatic carbocycles. The molecular weight excluding hydrogens is 348 g/mol. The standard InChI is InChI=1S/C20H21ClN4O/c1-14-24-19(22-12-15-7-3-5-9-17(15)21)11-20(25-14)23-13-16-8-4-6-10-18(16)26-2/h3-11H,12-13H2,1-2H3,(H2,22,23,24,25). The Morgan fingerprint density at radius 2 is 1.46 bits per heavy atom. The van der Waals surface area contributed by atoms with E-state index in [0.29, 0.717) is 18.9 Å². The number of nitrogens with one attached hydrogen (secondary N) is 2. The summed E-state index contributed by atoms with van der Waals surface area (Å²) in [7, 11) is 1.67. The highest BCUT2D eigenvalue weighted by molar-refractivity contribution is 6.31. The Bertz CT molecular complexity index is 885. The number of methoxy groups -OCH3 is 1. The molecule has 0 amide bonds. The quantitative estimate of drug-likeness (QED) is 0.634. The second-order valence-electron chi connectivity index (χ2n) is 5.80. The van der Waals surface area contributed by atoms with Gasteiger partial charge in [0.05, 0.1) is 7.11 Å². The lowest BCUT2D eigenvalue weighted by Gasteiger charge is -2.12. The third kappa shape index (κ3) is 4.64. The van der Waals surface area contributed by atoms with Crippen LogP contribution in [0, 0.1) is 6.92 Å². The molecule has 0 radical (unpaired) electrons. The van der Waals surface area contributed by atoms with Crippen molar-refractivity contribution in [1.82, 2.24) is 9.97 Å². The summed E-state index contributed by atoms with van der Waals surface area (Å²) < 4.78 is 5.38. The fraction of sp³-hybridized carbons (Fsp3) is 0.200. The van der Waals surface area contributed by atoms with Gasteiger partial charge in [-0.15, -0.1) is 0 Å². The van der Waals surface area contributed by atoms with Gasteiger partial charge in [0.15, 0.2) is 0 Å². The van der Waals surface area contributed by atoms with Crippen molar-refractivity contribution in [3.63, 3.8) is 0 Å². The first-order valence-electron chi connectivity index (χ1n) is 8.34. The van der Waals surface area contributed by atoms with Gasteiger partial charge >= 0.3 is 0 Å². The summed E-state index contributed by atoms with van der Waals surface area (Å²) in [4.78, 5) is 8.89. The molecule has 26 heavy (non-hydrogen) atoms. The maximum atomic E-state index is 6.20. The lowest BCUT2D eigenvalue weighted by atomic mass is 10.2. The number of anilines is 2. The SMILES string of the molecule is COc1ccccc1CNc1cc(NCc2ccccc2Cl)nc(C)n1. The van der Waals surface area contributed by atoms with Crippen LogP contribution in [0.4, 0.5) is 11.6 Å². The van der Waals surface area contributed by atoms with Crippen molar-refractivity contribution >= 4 is 23.2 Å². The van der Waals surface area contributed by atoms with Crippen LogP contribution in [0.1, 0.15) is 17.0 Å². The van der Waals surface area contributed by atoms with Crippen LogP contribution in [-0.2, 0) is 13.1 Å². The summed E-state index contributed by atoms with van der Waals surface area (Å²) in [5.74, 6) is 3.05. The molecule has 0 bridgehead atoms. The number of aryl methyl sites for hydroxylation is 1. The van der Waals surface area contributed by atoms with Crippen LogP contribution in [0.15, 0.2) is 54.6 Å². The van der Waals surface area contributed by atoms with E-state index in [9.17, 15) is 0 Å². The Labute approximate surface area is 158 Å². The Kier molecular flexibility index (Phi) is 5.92. The maximum Gasteiger partial charge on any atom is 0.132 e. The van der Waals surface area contributed by atoms with E-state index < -0.39 is 0 Å². The van der Waals surface area contributed by atoms with Gasteiger partial charge in [-0.05, 0) is 24.6 Å². The number of hydrogen-bond acceptors (Lipinski definition) is 5. The molecule has 2 aromatic carbocycles. The van der Waals surface area contributed by atoms with E-state index in [1.54, 1.807) is 7.11 Å². The largest absolute Gasteiger partial charge is 0.496 e. The van der Waals surface area contributed by atoms with Gasteiger partial charge < -0.3 is 15.4 Å². The van der Waals surface area contributed by atoms with E-state index in [2.05, 4.69) is 20.6 Å². The molecule has 5 nitrogen and oxygen atoms in total. The fourth-order valence-electron chi connectivity index (χ4n) is 2.61. The van der Waals surface area contributed by atoms with E-state index >= 15 is 0 Å². The number of aromatic nitrogens is 2. The van der Waals surface area contributed by atoms with E-state index in [1.807, 2.05) is 61.5 Å². The highest BCUT2D eigenvalue weighted by Gasteiger charge is 2.06. The zero-order chi connectivity index (χ0) is 18.4. The molecule has 0 fully saturated rings. The normalized spacial score (nSPS) is 10.4. The van der Waals surface area contributed by atoms with Crippen LogP contribution in [-0.4, -0.2) is 17.1 Å². The van der Waals surface area contributed by atoms with Crippen molar-refractivity contribution in [2.45, 2.75) is 20.0 Å². The van der Waals surface area contributed by atoms with E-state index in [-0.39, 0.29) is 0 Å². The second kappa shape index (κ2) is 8.54. The summed E-state index contributed by atoms with van der Waals surface area (Å²) in [6.07, 6.45) is 0. The average molecular weight is 369 g/mol. The molecule has 0 aliphatic rings. The van der Waals surface area contributed by atoms with Crippen molar-refractivity contribution in [1.29, 1.82) is 0 Å². The molecule has 134 valence electrons. The predicted molar refractivity (Wildman–Crippen MR) is 106 cm³/mol. The Balaban J connectivity index is 1.68. The summed E-state index contributed by atoms with van der Waals surface area (Å²) in [6, 6.07) is 17.5. The van der Waals surface area contributed by atoms with Crippen LogP contribution in [0.5, 0.6) is 5.75 Å². The number of rotatable bonds is 7. The summed E-state index contributed by atoms with van der Waals surface area (Å²) >= 11 is 6.20. The van der Waals surface area contributed by atoms with Crippen molar-refractivity contribution in [3.05, 3.63) is 76.6 Å². The number of nitrogens with zero attached hydrogens (tertiary/aromatic N) is 2. The molecule has 0 unspecified atom stereocenters. The van der Waals surface area contributed by atoms with Gasteiger partial charge in [-0.2, -0.15) is 0 Å². The number of benzene rings is 2. The molecule has 0 saturated heterocycles. The first kappa shape index (κ1) is 18.0. The molecule has 3 aromatic rings. The lowest BCUT2D eigenvalue weighted by molar-refractivity contribution is 0.410. The molecule has 2 N–H and O–H groups in total. The van der Waals surface area contributed by atoms with Crippen molar-refractivity contribution < 1.29 is 4.74 Å². The number of halogens is 1. The second-order valence-corrected chi connectivity index (χ2v) is 6.20. The highest BCUT2D eigenvalue weighted by atomic mass is 35.5. The van der Waals surface area contributed by atoms with Crippen LogP contribution >= 0.6 is 11.6 Å². The van der Waals surface area contributed by atoms with E-state index in [0.717, 1.165) is 33.5 Å². The lowest BCUT2D eigenvalue weighted by Crippen LogP contribution is -2.08. The monoisotopic (exact) mass is 368 g/mol. The van der Waals surface area contributed by atoms with Crippen LogP contribution < -0.4 is 15.4 Å². The van der Waals surface area contributed by atoms with E-state index in [4.69, 9.17) is 16.3 Å². The number of hydrogen-bond donors (Lipinski definition) is 2. The minimum Gasteiger partial charge on any atom is -0.496 e. The first-order valence-corrected chi connectivity index (χ1v) is 8.72. The first-order chi connectivity index (χ1) is 12.7. The molecule has 3 rings (SSSR count). The topological polar surface area (TPSA) is 59.1 Å². The molecule has 0 saturated carbocycles. The highest BCUT2D eigenvalue weighted by Crippen LogP contribution is 2.20. The van der Waals surface area contributed by atoms with Crippen LogP contribution in [0.25, 0.3) is 0 Å². The Morgan fingerprint density at radius 3 is 2.12 bits per heavy atom.